The van der Waals surface area contributed by atoms with Crippen LogP contribution in [0.15, 0.2) is 133 Å². The van der Waals surface area contributed by atoms with Crippen molar-refractivity contribution >= 4 is 32.9 Å². The van der Waals surface area contributed by atoms with E-state index < -0.39 is 0 Å². The monoisotopic (exact) mass is 436 g/mol. The summed E-state index contributed by atoms with van der Waals surface area (Å²) < 4.78 is 0. The SMILES string of the molecule is NN(c1ccc(-c2cccc3ccccc23)cc1)c1ccc(-c2cccc3ccccc23)cc1. The maximum Gasteiger partial charge on any atom is 0.0575 e. The Morgan fingerprint density at radius 3 is 1.21 bits per heavy atom. The van der Waals surface area contributed by atoms with Gasteiger partial charge in [0.1, 0.15) is 0 Å². The molecular formula is C32H24N2. The van der Waals surface area contributed by atoms with Crippen molar-refractivity contribution in [2.24, 2.45) is 5.84 Å². The number of rotatable bonds is 4. The van der Waals surface area contributed by atoms with Crippen molar-refractivity contribution in [3.63, 3.8) is 0 Å². The van der Waals surface area contributed by atoms with Crippen LogP contribution in [-0.4, -0.2) is 0 Å². The Labute approximate surface area is 199 Å². The predicted molar refractivity (Wildman–Crippen MR) is 145 cm³/mol. The lowest BCUT2D eigenvalue weighted by atomic mass is 9.98. The zero-order chi connectivity index (χ0) is 22.9. The molecule has 0 fully saturated rings. The van der Waals surface area contributed by atoms with E-state index in [4.69, 9.17) is 5.84 Å². The van der Waals surface area contributed by atoms with Gasteiger partial charge in [-0.3, -0.25) is 5.01 Å². The summed E-state index contributed by atoms with van der Waals surface area (Å²) in [7, 11) is 0. The average molecular weight is 437 g/mol. The molecule has 0 aliphatic carbocycles. The molecule has 0 aliphatic heterocycles. The third-order valence-electron chi connectivity index (χ3n) is 6.49. The lowest BCUT2D eigenvalue weighted by Crippen LogP contribution is -2.24. The standard InChI is InChI=1S/C32H24N2/c33-34(27-19-15-25(16-20-27)31-13-5-9-23-7-1-3-11-29(23)31)28-21-17-26(18-22-28)32-14-6-10-24-8-2-4-12-30(24)32/h1-22H,33H2. The molecule has 162 valence electrons. The molecule has 6 aromatic rings. The molecule has 2 heteroatoms. The van der Waals surface area contributed by atoms with E-state index in [0.717, 1.165) is 11.4 Å². The number of fused-ring (bicyclic) bond motifs is 2. The first-order valence-electron chi connectivity index (χ1n) is 11.5. The molecule has 0 aromatic heterocycles. The van der Waals surface area contributed by atoms with E-state index in [0.29, 0.717) is 0 Å². The number of benzene rings is 6. The highest BCUT2D eigenvalue weighted by atomic mass is 15.4. The van der Waals surface area contributed by atoms with Gasteiger partial charge in [0.2, 0.25) is 0 Å². The highest BCUT2D eigenvalue weighted by molar-refractivity contribution is 5.97. The molecule has 0 saturated carbocycles. The molecule has 0 saturated heterocycles. The van der Waals surface area contributed by atoms with E-state index in [-0.39, 0.29) is 0 Å². The van der Waals surface area contributed by atoms with E-state index in [2.05, 4.69) is 133 Å². The molecule has 6 aromatic carbocycles. The second-order valence-corrected chi connectivity index (χ2v) is 8.52. The molecule has 0 bridgehead atoms. The van der Waals surface area contributed by atoms with Gasteiger partial charge in [0.05, 0.1) is 11.4 Å². The van der Waals surface area contributed by atoms with Gasteiger partial charge in [-0.15, -0.1) is 0 Å². The van der Waals surface area contributed by atoms with E-state index in [1.165, 1.54) is 43.8 Å². The van der Waals surface area contributed by atoms with Crippen molar-refractivity contribution in [2.45, 2.75) is 0 Å². The molecule has 2 nitrogen and oxygen atoms in total. The zero-order valence-electron chi connectivity index (χ0n) is 18.7. The van der Waals surface area contributed by atoms with Crippen LogP contribution in [0.4, 0.5) is 11.4 Å². The van der Waals surface area contributed by atoms with E-state index in [9.17, 15) is 0 Å². The lowest BCUT2D eigenvalue weighted by molar-refractivity contribution is 1.09. The molecule has 6 rings (SSSR count). The third-order valence-corrected chi connectivity index (χ3v) is 6.49. The molecule has 0 amide bonds. The number of anilines is 2. The smallest absolute Gasteiger partial charge is 0.0575 e. The normalized spacial score (nSPS) is 11.1. The highest BCUT2D eigenvalue weighted by Gasteiger charge is 2.09. The minimum atomic E-state index is 0.946. The summed E-state index contributed by atoms with van der Waals surface area (Å²) in [5, 5.41) is 6.74. The molecule has 34 heavy (non-hydrogen) atoms. The number of nitrogens with two attached hydrogens (primary N) is 1. The fourth-order valence-electron chi connectivity index (χ4n) is 4.71. The first-order chi connectivity index (χ1) is 16.8. The van der Waals surface area contributed by atoms with Crippen LogP contribution in [0.25, 0.3) is 43.8 Å². The largest absolute Gasteiger partial charge is 0.280 e. The summed E-state index contributed by atoms with van der Waals surface area (Å²) in [6.45, 7) is 0. The van der Waals surface area contributed by atoms with E-state index in [1.807, 2.05) is 0 Å². The predicted octanol–water partition coefficient (Wildman–Crippen LogP) is 8.34. The lowest BCUT2D eigenvalue weighted by Gasteiger charge is -2.20. The first-order valence-corrected chi connectivity index (χ1v) is 11.5. The Kier molecular flexibility index (Phi) is 5.06. The van der Waals surface area contributed by atoms with Gasteiger partial charge >= 0.3 is 0 Å². The van der Waals surface area contributed by atoms with Crippen LogP contribution < -0.4 is 10.9 Å². The quantitative estimate of drug-likeness (QED) is 0.222. The van der Waals surface area contributed by atoms with Crippen LogP contribution in [0.5, 0.6) is 0 Å². The number of hydrogen-bond acceptors (Lipinski definition) is 2. The van der Waals surface area contributed by atoms with Gasteiger partial charge < -0.3 is 0 Å². The minimum absolute atomic E-state index is 0.946. The van der Waals surface area contributed by atoms with Crippen molar-refractivity contribution in [2.75, 3.05) is 5.01 Å². The Hall–Kier alpha value is -4.40. The molecule has 0 spiro atoms. The van der Waals surface area contributed by atoms with Crippen molar-refractivity contribution in [1.82, 2.24) is 0 Å². The van der Waals surface area contributed by atoms with Gasteiger partial charge in [0, 0.05) is 0 Å². The summed E-state index contributed by atoms with van der Waals surface area (Å²) >= 11 is 0. The van der Waals surface area contributed by atoms with Gasteiger partial charge in [0.15, 0.2) is 0 Å². The van der Waals surface area contributed by atoms with Crippen LogP contribution in [0, 0.1) is 0 Å². The maximum absolute atomic E-state index is 6.51. The van der Waals surface area contributed by atoms with Gasteiger partial charge in [0.25, 0.3) is 0 Å². The maximum atomic E-state index is 6.51. The third kappa shape index (κ3) is 3.61. The topological polar surface area (TPSA) is 29.3 Å². The van der Waals surface area contributed by atoms with Gasteiger partial charge in [-0.2, -0.15) is 0 Å². The second kappa shape index (κ2) is 8.51. The number of hydrazine groups is 1. The Balaban J connectivity index is 1.28. The van der Waals surface area contributed by atoms with Crippen molar-refractivity contribution < 1.29 is 0 Å². The Morgan fingerprint density at radius 1 is 0.382 bits per heavy atom. The van der Waals surface area contributed by atoms with Crippen LogP contribution >= 0.6 is 0 Å². The first kappa shape index (κ1) is 20.2. The molecule has 0 radical (unpaired) electrons. The van der Waals surface area contributed by atoms with Crippen LogP contribution in [0.1, 0.15) is 0 Å². The molecule has 0 heterocycles. The summed E-state index contributed by atoms with van der Waals surface area (Å²) in [5.74, 6) is 6.51. The van der Waals surface area contributed by atoms with Gasteiger partial charge in [-0.25, -0.2) is 5.84 Å². The molecule has 0 unspecified atom stereocenters. The van der Waals surface area contributed by atoms with Crippen molar-refractivity contribution in [3.05, 3.63) is 133 Å². The van der Waals surface area contributed by atoms with Gasteiger partial charge in [-0.1, -0.05) is 109 Å². The number of nitrogens with zero attached hydrogens (tertiary/aromatic N) is 1. The summed E-state index contributed by atoms with van der Waals surface area (Å²) in [6.07, 6.45) is 0. The Morgan fingerprint density at radius 2 is 0.765 bits per heavy atom. The van der Waals surface area contributed by atoms with E-state index in [1.54, 1.807) is 5.01 Å². The zero-order valence-corrected chi connectivity index (χ0v) is 18.7. The molecule has 0 atom stereocenters. The molecular weight excluding hydrogens is 412 g/mol. The van der Waals surface area contributed by atoms with Crippen molar-refractivity contribution in [1.29, 1.82) is 0 Å². The molecule has 2 N–H and O–H groups in total. The Bertz CT molecular complexity index is 1470. The fourth-order valence-corrected chi connectivity index (χ4v) is 4.71. The van der Waals surface area contributed by atoms with Crippen LogP contribution in [0.3, 0.4) is 0 Å². The summed E-state index contributed by atoms with van der Waals surface area (Å²) in [5.41, 5.74) is 6.71. The van der Waals surface area contributed by atoms with Crippen LogP contribution in [-0.2, 0) is 0 Å². The highest BCUT2D eigenvalue weighted by Crippen LogP contribution is 2.33. The number of hydrogen-bond donors (Lipinski definition) is 1. The van der Waals surface area contributed by atoms with Gasteiger partial charge in [-0.05, 0) is 68.1 Å². The second-order valence-electron chi connectivity index (χ2n) is 8.52. The summed E-state index contributed by atoms with van der Waals surface area (Å²) in [6, 6.07) is 46.7. The molecule has 0 aliphatic rings. The average Bonchev–Trinajstić information content (AvgIpc) is 2.92. The van der Waals surface area contributed by atoms with E-state index >= 15 is 0 Å². The van der Waals surface area contributed by atoms with Crippen LogP contribution in [0.2, 0.25) is 0 Å². The minimum Gasteiger partial charge on any atom is -0.280 e. The van der Waals surface area contributed by atoms with Crippen molar-refractivity contribution in [3.8, 4) is 22.3 Å². The summed E-state index contributed by atoms with van der Waals surface area (Å²) in [4.78, 5) is 0. The fraction of sp³-hybridized carbons (Fsp3) is 0.